The quantitative estimate of drug-likeness (QED) is 0.846. The molecular weight excluding hydrogens is 260 g/mol. The van der Waals surface area contributed by atoms with Crippen molar-refractivity contribution < 1.29 is 5.11 Å². The third-order valence-corrected chi connectivity index (χ3v) is 3.80. The summed E-state index contributed by atoms with van der Waals surface area (Å²) in [4.78, 5) is 4.62. The number of nitrogens with zero attached hydrogens (tertiary/aromatic N) is 2. The van der Waals surface area contributed by atoms with Gasteiger partial charge in [-0.25, -0.2) is 0 Å². The SMILES string of the molecule is CCCN(CCN(C)C)Cc1c(O)ccc2ccccc12. The third kappa shape index (κ3) is 4.19. The van der Waals surface area contributed by atoms with Crippen LogP contribution < -0.4 is 0 Å². The Bertz CT molecular complexity index is 580. The van der Waals surface area contributed by atoms with Crippen LogP contribution in [0, 0.1) is 0 Å². The molecule has 114 valence electrons. The Labute approximate surface area is 127 Å². The zero-order chi connectivity index (χ0) is 15.2. The van der Waals surface area contributed by atoms with E-state index in [9.17, 15) is 5.11 Å². The molecule has 0 heterocycles. The lowest BCUT2D eigenvalue weighted by Gasteiger charge is -2.24. The van der Waals surface area contributed by atoms with Crippen molar-refractivity contribution in [2.45, 2.75) is 19.9 Å². The third-order valence-electron chi connectivity index (χ3n) is 3.80. The molecule has 0 aliphatic carbocycles. The van der Waals surface area contributed by atoms with E-state index in [2.05, 4.69) is 43.0 Å². The Morgan fingerprint density at radius 1 is 0.952 bits per heavy atom. The molecule has 2 rings (SSSR count). The maximum Gasteiger partial charge on any atom is 0.120 e. The van der Waals surface area contributed by atoms with E-state index in [0.717, 1.165) is 43.5 Å². The van der Waals surface area contributed by atoms with Crippen LogP contribution in [0.4, 0.5) is 0 Å². The first kappa shape index (κ1) is 15.8. The fraction of sp³-hybridized carbons (Fsp3) is 0.444. The average molecular weight is 286 g/mol. The van der Waals surface area contributed by atoms with Gasteiger partial charge in [-0.2, -0.15) is 0 Å². The summed E-state index contributed by atoms with van der Waals surface area (Å²) in [5.41, 5.74) is 1.04. The molecule has 3 heteroatoms. The molecule has 3 nitrogen and oxygen atoms in total. The van der Waals surface area contributed by atoms with E-state index in [0.29, 0.717) is 5.75 Å². The molecule has 0 aliphatic rings. The standard InChI is InChI=1S/C18H26N2O/c1-4-11-20(13-12-19(2)3)14-17-16-8-6-5-7-15(16)9-10-18(17)21/h5-10,21H,4,11-14H2,1-3H3. The van der Waals surface area contributed by atoms with Crippen LogP contribution in [-0.2, 0) is 6.54 Å². The zero-order valence-electron chi connectivity index (χ0n) is 13.3. The van der Waals surface area contributed by atoms with Gasteiger partial charge in [0, 0.05) is 25.2 Å². The van der Waals surface area contributed by atoms with Crippen LogP contribution in [0.2, 0.25) is 0 Å². The molecule has 0 aliphatic heterocycles. The second-order valence-corrected chi connectivity index (χ2v) is 5.86. The topological polar surface area (TPSA) is 26.7 Å². The molecule has 2 aromatic carbocycles. The second kappa shape index (κ2) is 7.43. The van der Waals surface area contributed by atoms with E-state index in [1.165, 1.54) is 5.39 Å². The molecule has 0 bridgehead atoms. The number of phenolic OH excluding ortho intramolecular Hbond substituents is 1. The van der Waals surface area contributed by atoms with Crippen molar-refractivity contribution in [3.05, 3.63) is 42.0 Å². The van der Waals surface area contributed by atoms with Crippen molar-refractivity contribution in [3.8, 4) is 5.75 Å². The highest BCUT2D eigenvalue weighted by molar-refractivity contribution is 5.87. The number of hydrogen-bond acceptors (Lipinski definition) is 3. The molecule has 21 heavy (non-hydrogen) atoms. The summed E-state index contributed by atoms with van der Waals surface area (Å²) in [5.74, 6) is 0.402. The normalized spacial score (nSPS) is 11.7. The molecule has 0 aromatic heterocycles. The van der Waals surface area contributed by atoms with E-state index >= 15 is 0 Å². The largest absolute Gasteiger partial charge is 0.508 e. The average Bonchev–Trinajstić information content (AvgIpc) is 2.47. The van der Waals surface area contributed by atoms with Crippen LogP contribution >= 0.6 is 0 Å². The summed E-state index contributed by atoms with van der Waals surface area (Å²) in [6, 6.07) is 12.1. The van der Waals surface area contributed by atoms with Crippen LogP contribution in [0.5, 0.6) is 5.75 Å². The molecule has 0 spiro atoms. The fourth-order valence-corrected chi connectivity index (χ4v) is 2.64. The number of rotatable bonds is 7. The summed E-state index contributed by atoms with van der Waals surface area (Å²) in [6.07, 6.45) is 1.12. The second-order valence-electron chi connectivity index (χ2n) is 5.86. The van der Waals surface area contributed by atoms with Gasteiger partial charge in [0.1, 0.15) is 5.75 Å². The zero-order valence-corrected chi connectivity index (χ0v) is 13.3. The minimum absolute atomic E-state index is 0.402. The van der Waals surface area contributed by atoms with Gasteiger partial charge < -0.3 is 10.0 Å². The molecule has 0 radical (unpaired) electrons. The van der Waals surface area contributed by atoms with Crippen molar-refractivity contribution >= 4 is 10.8 Å². The van der Waals surface area contributed by atoms with Crippen molar-refractivity contribution in [1.82, 2.24) is 9.80 Å². The number of likely N-dealkylation sites (N-methyl/N-ethyl adjacent to an activating group) is 1. The highest BCUT2D eigenvalue weighted by atomic mass is 16.3. The molecular formula is C18H26N2O. The predicted octanol–water partition coefficient (Wildman–Crippen LogP) is 3.32. The van der Waals surface area contributed by atoms with Crippen molar-refractivity contribution in [2.75, 3.05) is 33.7 Å². The molecule has 0 saturated heterocycles. The smallest absolute Gasteiger partial charge is 0.120 e. The summed E-state index contributed by atoms with van der Waals surface area (Å²) in [5, 5.41) is 12.6. The van der Waals surface area contributed by atoms with Gasteiger partial charge in [-0.15, -0.1) is 0 Å². The first-order chi connectivity index (χ1) is 10.1. The van der Waals surface area contributed by atoms with E-state index in [4.69, 9.17) is 0 Å². The lowest BCUT2D eigenvalue weighted by Crippen LogP contribution is -2.32. The molecule has 1 N–H and O–H groups in total. The van der Waals surface area contributed by atoms with E-state index < -0.39 is 0 Å². The number of benzene rings is 2. The monoisotopic (exact) mass is 286 g/mol. The van der Waals surface area contributed by atoms with Gasteiger partial charge in [0.15, 0.2) is 0 Å². The van der Waals surface area contributed by atoms with Gasteiger partial charge in [0.05, 0.1) is 0 Å². The lowest BCUT2D eigenvalue weighted by atomic mass is 10.0. The van der Waals surface area contributed by atoms with Gasteiger partial charge >= 0.3 is 0 Å². The lowest BCUT2D eigenvalue weighted by molar-refractivity contribution is 0.232. The molecule has 0 fully saturated rings. The van der Waals surface area contributed by atoms with Gasteiger partial charge in [-0.1, -0.05) is 37.3 Å². The Morgan fingerprint density at radius 2 is 1.71 bits per heavy atom. The molecule has 2 aromatic rings. The van der Waals surface area contributed by atoms with E-state index in [1.54, 1.807) is 0 Å². The van der Waals surface area contributed by atoms with Crippen LogP contribution in [0.25, 0.3) is 10.8 Å². The molecule has 0 unspecified atom stereocenters. The maximum atomic E-state index is 10.3. The number of fused-ring (bicyclic) bond motifs is 1. The Kier molecular flexibility index (Phi) is 5.59. The predicted molar refractivity (Wildman–Crippen MR) is 89.7 cm³/mol. The highest BCUT2D eigenvalue weighted by Crippen LogP contribution is 2.28. The van der Waals surface area contributed by atoms with E-state index in [-0.39, 0.29) is 0 Å². The molecule has 0 atom stereocenters. The number of phenols is 1. The minimum atomic E-state index is 0.402. The van der Waals surface area contributed by atoms with Crippen molar-refractivity contribution in [2.24, 2.45) is 0 Å². The van der Waals surface area contributed by atoms with Gasteiger partial charge in [0.2, 0.25) is 0 Å². The summed E-state index contributed by atoms with van der Waals surface area (Å²) in [6.45, 7) is 6.10. The number of aromatic hydroxyl groups is 1. The van der Waals surface area contributed by atoms with Crippen molar-refractivity contribution in [3.63, 3.8) is 0 Å². The van der Waals surface area contributed by atoms with Crippen LogP contribution in [0.1, 0.15) is 18.9 Å². The Hall–Kier alpha value is -1.58. The first-order valence-electron chi connectivity index (χ1n) is 7.68. The molecule has 0 saturated carbocycles. The molecule has 0 amide bonds. The van der Waals surface area contributed by atoms with Crippen LogP contribution in [0.3, 0.4) is 0 Å². The first-order valence-corrected chi connectivity index (χ1v) is 7.68. The van der Waals surface area contributed by atoms with Gasteiger partial charge in [-0.05, 0) is 43.9 Å². The Balaban J connectivity index is 2.25. The fourth-order valence-electron chi connectivity index (χ4n) is 2.64. The van der Waals surface area contributed by atoms with Crippen LogP contribution in [0.15, 0.2) is 36.4 Å². The van der Waals surface area contributed by atoms with E-state index in [1.807, 2.05) is 24.3 Å². The maximum absolute atomic E-state index is 10.3. The van der Waals surface area contributed by atoms with Gasteiger partial charge in [-0.3, -0.25) is 4.90 Å². The summed E-state index contributed by atoms with van der Waals surface area (Å²) >= 11 is 0. The summed E-state index contributed by atoms with van der Waals surface area (Å²) < 4.78 is 0. The number of hydrogen-bond donors (Lipinski definition) is 1. The van der Waals surface area contributed by atoms with Gasteiger partial charge in [0.25, 0.3) is 0 Å². The van der Waals surface area contributed by atoms with Crippen molar-refractivity contribution in [1.29, 1.82) is 0 Å². The Morgan fingerprint density at radius 3 is 2.43 bits per heavy atom. The highest BCUT2D eigenvalue weighted by Gasteiger charge is 2.12. The summed E-state index contributed by atoms with van der Waals surface area (Å²) in [7, 11) is 4.19. The van der Waals surface area contributed by atoms with Crippen LogP contribution in [-0.4, -0.2) is 48.6 Å². The minimum Gasteiger partial charge on any atom is -0.508 e.